The van der Waals surface area contributed by atoms with Gasteiger partial charge in [-0.15, -0.1) is 0 Å². The molecule has 8 heteroatoms. The number of benzene rings is 1. The predicted octanol–water partition coefficient (Wildman–Crippen LogP) is 4.98. The molecule has 0 unspecified atom stereocenters. The Morgan fingerprint density at radius 3 is 2.33 bits per heavy atom. The maximum absolute atomic E-state index is 14.6. The standard InChI is InChI=1S/C16H17F4NO3/c1-5-23-14(22)21-10-6-7-11(24-15(2,3)4)13(17)9(10)8-12(21)16(18,19)20/h6-8H,5H2,1-4H3. The Labute approximate surface area is 136 Å². The number of hydrogen-bond donors (Lipinski definition) is 0. The molecule has 0 N–H and O–H groups in total. The molecule has 0 aliphatic rings. The summed E-state index contributed by atoms with van der Waals surface area (Å²) in [6.45, 7) is 6.40. The third-order valence-corrected chi connectivity index (χ3v) is 3.04. The van der Waals surface area contributed by atoms with E-state index in [9.17, 15) is 22.4 Å². The van der Waals surface area contributed by atoms with Crippen molar-refractivity contribution in [1.29, 1.82) is 0 Å². The minimum Gasteiger partial charge on any atom is -0.485 e. The maximum Gasteiger partial charge on any atom is 0.432 e. The van der Waals surface area contributed by atoms with Crippen molar-refractivity contribution in [3.8, 4) is 5.75 Å². The average Bonchev–Trinajstić information content (AvgIpc) is 2.81. The van der Waals surface area contributed by atoms with Gasteiger partial charge < -0.3 is 9.47 Å². The van der Waals surface area contributed by atoms with E-state index in [1.807, 2.05) is 0 Å². The lowest BCUT2D eigenvalue weighted by Crippen LogP contribution is -2.23. The number of nitrogens with zero attached hydrogens (tertiary/aromatic N) is 1. The van der Waals surface area contributed by atoms with Crippen LogP contribution in [0.4, 0.5) is 22.4 Å². The highest BCUT2D eigenvalue weighted by Crippen LogP contribution is 2.37. The van der Waals surface area contributed by atoms with Crippen LogP contribution in [0.2, 0.25) is 0 Å². The van der Waals surface area contributed by atoms with Crippen LogP contribution in [-0.2, 0) is 10.9 Å². The van der Waals surface area contributed by atoms with E-state index in [1.165, 1.54) is 19.1 Å². The molecule has 1 aromatic heterocycles. The van der Waals surface area contributed by atoms with Crippen molar-refractivity contribution in [2.45, 2.75) is 39.5 Å². The van der Waals surface area contributed by atoms with Crippen LogP contribution >= 0.6 is 0 Å². The molecule has 0 atom stereocenters. The highest BCUT2D eigenvalue weighted by molar-refractivity contribution is 5.92. The van der Waals surface area contributed by atoms with Crippen LogP contribution in [0, 0.1) is 5.82 Å². The first-order valence-electron chi connectivity index (χ1n) is 7.23. The lowest BCUT2D eigenvalue weighted by atomic mass is 10.1. The molecule has 4 nitrogen and oxygen atoms in total. The van der Waals surface area contributed by atoms with Crippen LogP contribution in [0.25, 0.3) is 10.9 Å². The summed E-state index contributed by atoms with van der Waals surface area (Å²) in [5, 5.41) is -0.364. The molecular formula is C16H17F4NO3. The Hall–Kier alpha value is -2.25. The van der Waals surface area contributed by atoms with Crippen LogP contribution in [-0.4, -0.2) is 22.9 Å². The zero-order chi connectivity index (χ0) is 18.3. The largest absolute Gasteiger partial charge is 0.485 e. The smallest absolute Gasteiger partial charge is 0.432 e. The number of carbonyl (C=O) groups is 1. The Morgan fingerprint density at radius 1 is 1.21 bits per heavy atom. The quantitative estimate of drug-likeness (QED) is 0.719. The van der Waals surface area contributed by atoms with Gasteiger partial charge in [0.25, 0.3) is 0 Å². The van der Waals surface area contributed by atoms with Gasteiger partial charge >= 0.3 is 12.3 Å². The molecule has 1 aromatic carbocycles. The molecule has 2 rings (SSSR count). The summed E-state index contributed by atoms with van der Waals surface area (Å²) >= 11 is 0. The summed E-state index contributed by atoms with van der Waals surface area (Å²) in [5.41, 5.74) is -2.27. The highest BCUT2D eigenvalue weighted by Gasteiger charge is 2.38. The monoisotopic (exact) mass is 347 g/mol. The van der Waals surface area contributed by atoms with Gasteiger partial charge in [0, 0.05) is 5.39 Å². The molecule has 2 aromatic rings. The fourth-order valence-corrected chi connectivity index (χ4v) is 2.23. The number of aromatic nitrogens is 1. The molecule has 1 heterocycles. The van der Waals surface area contributed by atoms with Crippen LogP contribution in [0.15, 0.2) is 18.2 Å². The summed E-state index contributed by atoms with van der Waals surface area (Å²) in [6, 6.07) is 2.97. The Kier molecular flexibility index (Phi) is 4.52. The second-order valence-electron chi connectivity index (χ2n) is 6.09. The molecule has 0 aliphatic heterocycles. The Balaban J connectivity index is 2.71. The number of rotatable bonds is 2. The summed E-state index contributed by atoms with van der Waals surface area (Å²) in [4.78, 5) is 11.9. The van der Waals surface area contributed by atoms with Crippen molar-refractivity contribution in [2.24, 2.45) is 0 Å². The van der Waals surface area contributed by atoms with Crippen molar-refractivity contribution >= 4 is 17.0 Å². The molecule has 24 heavy (non-hydrogen) atoms. The fourth-order valence-electron chi connectivity index (χ4n) is 2.23. The van der Waals surface area contributed by atoms with Crippen LogP contribution in [0.5, 0.6) is 5.75 Å². The lowest BCUT2D eigenvalue weighted by Gasteiger charge is -2.21. The van der Waals surface area contributed by atoms with Gasteiger partial charge in [0.2, 0.25) is 0 Å². The van der Waals surface area contributed by atoms with Gasteiger partial charge in [-0.3, -0.25) is 0 Å². The van der Waals surface area contributed by atoms with Gasteiger partial charge in [-0.2, -0.15) is 13.2 Å². The topological polar surface area (TPSA) is 40.5 Å². The third-order valence-electron chi connectivity index (χ3n) is 3.04. The summed E-state index contributed by atoms with van der Waals surface area (Å²) < 4.78 is 64.6. The SMILES string of the molecule is CCOC(=O)n1c(C(F)(F)F)cc2c(F)c(OC(C)(C)C)ccc21. The summed E-state index contributed by atoms with van der Waals surface area (Å²) in [7, 11) is 0. The first-order valence-corrected chi connectivity index (χ1v) is 7.23. The van der Waals surface area contributed by atoms with Gasteiger partial charge in [-0.25, -0.2) is 13.8 Å². The van der Waals surface area contributed by atoms with Crippen LogP contribution < -0.4 is 4.74 Å². The van der Waals surface area contributed by atoms with Gasteiger partial charge in [0.15, 0.2) is 11.6 Å². The maximum atomic E-state index is 14.6. The second-order valence-corrected chi connectivity index (χ2v) is 6.09. The lowest BCUT2D eigenvalue weighted by molar-refractivity contribution is -0.142. The van der Waals surface area contributed by atoms with Crippen molar-refractivity contribution in [3.05, 3.63) is 29.7 Å². The predicted molar refractivity (Wildman–Crippen MR) is 79.7 cm³/mol. The molecule has 0 saturated heterocycles. The minimum atomic E-state index is -4.84. The number of alkyl halides is 3. The zero-order valence-electron chi connectivity index (χ0n) is 13.6. The molecule has 132 valence electrons. The first-order chi connectivity index (χ1) is 11.0. The van der Waals surface area contributed by atoms with E-state index in [-0.39, 0.29) is 23.3 Å². The molecule has 0 saturated carbocycles. The van der Waals surface area contributed by atoms with Gasteiger partial charge in [-0.1, -0.05) is 0 Å². The molecule has 0 bridgehead atoms. The Morgan fingerprint density at radius 2 is 1.83 bits per heavy atom. The summed E-state index contributed by atoms with van der Waals surface area (Å²) in [6.07, 6.45) is -6.06. The van der Waals surface area contributed by atoms with Gasteiger partial charge in [-0.05, 0) is 45.9 Å². The zero-order valence-corrected chi connectivity index (χ0v) is 13.6. The van der Waals surface area contributed by atoms with Gasteiger partial charge in [0.1, 0.15) is 11.3 Å². The molecular weight excluding hydrogens is 330 g/mol. The van der Waals surface area contributed by atoms with Crippen molar-refractivity contribution in [2.75, 3.05) is 6.61 Å². The number of carbonyl (C=O) groups excluding carboxylic acids is 1. The summed E-state index contributed by atoms with van der Waals surface area (Å²) in [5.74, 6) is -1.15. The second kappa shape index (κ2) is 5.99. The molecule has 0 spiro atoms. The number of fused-ring (bicyclic) bond motifs is 1. The molecule has 0 fully saturated rings. The molecule has 0 aliphatic carbocycles. The fraction of sp³-hybridized carbons (Fsp3) is 0.438. The molecule has 0 amide bonds. The van der Waals surface area contributed by atoms with Crippen molar-refractivity contribution < 1.29 is 31.8 Å². The van der Waals surface area contributed by atoms with Crippen molar-refractivity contribution in [3.63, 3.8) is 0 Å². The third kappa shape index (κ3) is 3.47. The highest BCUT2D eigenvalue weighted by atomic mass is 19.4. The Bertz CT molecular complexity index is 772. The normalized spacial score (nSPS) is 12.5. The van der Waals surface area contributed by atoms with E-state index in [1.54, 1.807) is 20.8 Å². The van der Waals surface area contributed by atoms with E-state index >= 15 is 0 Å². The number of ether oxygens (including phenoxy) is 2. The van der Waals surface area contributed by atoms with Crippen molar-refractivity contribution in [1.82, 2.24) is 4.57 Å². The number of halogens is 4. The van der Waals surface area contributed by atoms with E-state index in [0.29, 0.717) is 10.6 Å². The first kappa shape index (κ1) is 18.1. The van der Waals surface area contributed by atoms with E-state index in [0.717, 1.165) is 0 Å². The number of hydrogen-bond acceptors (Lipinski definition) is 3. The van der Waals surface area contributed by atoms with E-state index in [4.69, 9.17) is 4.74 Å². The van der Waals surface area contributed by atoms with Crippen LogP contribution in [0.1, 0.15) is 33.4 Å². The molecule has 0 radical (unpaired) electrons. The minimum absolute atomic E-state index is 0.108. The van der Waals surface area contributed by atoms with E-state index in [2.05, 4.69) is 4.74 Å². The van der Waals surface area contributed by atoms with Gasteiger partial charge in [0.05, 0.1) is 12.1 Å². The van der Waals surface area contributed by atoms with E-state index < -0.39 is 29.4 Å². The van der Waals surface area contributed by atoms with Crippen LogP contribution in [0.3, 0.4) is 0 Å². The average molecular weight is 347 g/mol.